The Kier molecular flexibility index (Phi) is 5.23. The molecule has 0 radical (unpaired) electrons. The van der Waals surface area contributed by atoms with Gasteiger partial charge in [0.25, 0.3) is 0 Å². The van der Waals surface area contributed by atoms with Gasteiger partial charge in [-0.1, -0.05) is 0 Å². The van der Waals surface area contributed by atoms with Crippen LogP contribution in [0.5, 0.6) is 0 Å². The lowest BCUT2D eigenvalue weighted by Crippen LogP contribution is -2.36. The Morgan fingerprint density at radius 3 is 2.60 bits per heavy atom. The van der Waals surface area contributed by atoms with E-state index in [2.05, 4.69) is 23.0 Å². The molecule has 20 heavy (non-hydrogen) atoms. The van der Waals surface area contributed by atoms with Crippen LogP contribution in [0.15, 0.2) is 6.07 Å². The van der Waals surface area contributed by atoms with Crippen molar-refractivity contribution in [2.45, 2.75) is 39.7 Å². The number of piperidine rings is 1. The molecule has 4 nitrogen and oxygen atoms in total. The SMILES string of the molecule is Cc1cc(C(C)NS(=O)(=O)CC2CCNCC2)c(C)s1. The lowest BCUT2D eigenvalue weighted by atomic mass is 10.0. The van der Waals surface area contributed by atoms with Crippen molar-refractivity contribution in [1.29, 1.82) is 0 Å². The van der Waals surface area contributed by atoms with Gasteiger partial charge < -0.3 is 5.32 Å². The Labute approximate surface area is 126 Å². The summed E-state index contributed by atoms with van der Waals surface area (Å²) >= 11 is 1.72. The van der Waals surface area contributed by atoms with E-state index in [1.807, 2.05) is 13.8 Å². The van der Waals surface area contributed by atoms with Crippen LogP contribution in [0.2, 0.25) is 0 Å². The first kappa shape index (κ1) is 15.9. The Morgan fingerprint density at radius 2 is 2.05 bits per heavy atom. The van der Waals surface area contributed by atoms with Crippen molar-refractivity contribution < 1.29 is 8.42 Å². The summed E-state index contributed by atoms with van der Waals surface area (Å²) in [6.45, 7) is 7.88. The summed E-state index contributed by atoms with van der Waals surface area (Å²) in [7, 11) is -3.21. The first-order chi connectivity index (χ1) is 9.37. The molecule has 0 bridgehead atoms. The molecule has 1 unspecified atom stereocenters. The fourth-order valence-corrected chi connectivity index (χ4v) is 5.56. The minimum Gasteiger partial charge on any atom is -0.317 e. The minimum atomic E-state index is -3.21. The number of aryl methyl sites for hydroxylation is 2. The molecule has 114 valence electrons. The number of thiophene rings is 1. The zero-order valence-electron chi connectivity index (χ0n) is 12.4. The number of rotatable bonds is 5. The molecular weight excluding hydrogens is 292 g/mol. The van der Waals surface area contributed by atoms with Gasteiger partial charge in [0, 0.05) is 15.8 Å². The molecule has 1 aromatic rings. The fraction of sp³-hybridized carbons (Fsp3) is 0.714. The third-order valence-corrected chi connectivity index (χ3v) is 6.42. The van der Waals surface area contributed by atoms with Crippen LogP contribution < -0.4 is 10.0 Å². The van der Waals surface area contributed by atoms with Crippen molar-refractivity contribution in [2.24, 2.45) is 5.92 Å². The minimum absolute atomic E-state index is 0.147. The number of nitrogens with one attached hydrogen (secondary N) is 2. The van der Waals surface area contributed by atoms with E-state index >= 15 is 0 Å². The highest BCUT2D eigenvalue weighted by molar-refractivity contribution is 7.89. The molecule has 1 atom stereocenters. The molecule has 1 aromatic heterocycles. The summed E-state index contributed by atoms with van der Waals surface area (Å²) in [5, 5.41) is 3.26. The lowest BCUT2D eigenvalue weighted by molar-refractivity contribution is 0.399. The monoisotopic (exact) mass is 316 g/mol. The van der Waals surface area contributed by atoms with E-state index in [-0.39, 0.29) is 17.7 Å². The van der Waals surface area contributed by atoms with E-state index in [0.29, 0.717) is 0 Å². The zero-order chi connectivity index (χ0) is 14.8. The Hall–Kier alpha value is -0.430. The largest absolute Gasteiger partial charge is 0.317 e. The predicted octanol–water partition coefficient (Wildman–Crippen LogP) is 2.34. The molecule has 2 N–H and O–H groups in total. The molecule has 0 amide bonds. The van der Waals surface area contributed by atoms with Gasteiger partial charge in [0.1, 0.15) is 0 Å². The van der Waals surface area contributed by atoms with Crippen molar-refractivity contribution in [2.75, 3.05) is 18.8 Å². The van der Waals surface area contributed by atoms with E-state index in [0.717, 1.165) is 31.5 Å². The van der Waals surface area contributed by atoms with Crippen LogP contribution in [-0.4, -0.2) is 27.3 Å². The third-order valence-electron chi connectivity index (χ3n) is 3.82. The van der Waals surface area contributed by atoms with E-state index in [9.17, 15) is 8.42 Å². The molecule has 0 spiro atoms. The van der Waals surface area contributed by atoms with Gasteiger partial charge in [0.2, 0.25) is 10.0 Å². The van der Waals surface area contributed by atoms with Crippen LogP contribution in [0.3, 0.4) is 0 Å². The van der Waals surface area contributed by atoms with Gasteiger partial charge in [-0.05, 0) is 64.3 Å². The number of hydrogen-bond donors (Lipinski definition) is 2. The highest BCUT2D eigenvalue weighted by Gasteiger charge is 2.23. The predicted molar refractivity (Wildman–Crippen MR) is 84.7 cm³/mol. The molecule has 1 aliphatic rings. The van der Waals surface area contributed by atoms with Crippen molar-refractivity contribution in [3.05, 3.63) is 21.4 Å². The fourth-order valence-electron chi connectivity index (χ4n) is 2.82. The second kappa shape index (κ2) is 6.56. The topological polar surface area (TPSA) is 58.2 Å². The molecule has 0 aromatic carbocycles. The lowest BCUT2D eigenvalue weighted by Gasteiger charge is -2.23. The molecule has 1 fully saturated rings. The summed E-state index contributed by atoms with van der Waals surface area (Å²) in [5.74, 6) is 0.535. The Balaban J connectivity index is 1.98. The van der Waals surface area contributed by atoms with Crippen molar-refractivity contribution in [3.8, 4) is 0 Å². The van der Waals surface area contributed by atoms with Crippen LogP contribution in [0.25, 0.3) is 0 Å². The standard InChI is InChI=1S/C14H24N2O2S2/c1-10-8-14(12(3)19-10)11(2)16-20(17,18)9-13-4-6-15-7-5-13/h8,11,13,15-16H,4-7,9H2,1-3H3. The van der Waals surface area contributed by atoms with E-state index in [4.69, 9.17) is 0 Å². The summed E-state index contributed by atoms with van der Waals surface area (Å²) in [6, 6.07) is 1.93. The molecule has 0 aliphatic carbocycles. The zero-order valence-corrected chi connectivity index (χ0v) is 14.0. The first-order valence-corrected chi connectivity index (χ1v) is 9.62. The van der Waals surface area contributed by atoms with Crippen molar-refractivity contribution in [1.82, 2.24) is 10.0 Å². The van der Waals surface area contributed by atoms with E-state index < -0.39 is 10.0 Å². The van der Waals surface area contributed by atoms with E-state index in [1.165, 1.54) is 9.75 Å². The van der Waals surface area contributed by atoms with Crippen molar-refractivity contribution >= 4 is 21.4 Å². The molecule has 6 heteroatoms. The quantitative estimate of drug-likeness (QED) is 0.876. The maximum Gasteiger partial charge on any atom is 0.212 e. The van der Waals surface area contributed by atoms with Gasteiger partial charge in [-0.25, -0.2) is 13.1 Å². The Morgan fingerprint density at radius 1 is 1.40 bits per heavy atom. The van der Waals surface area contributed by atoms with Gasteiger partial charge in [-0.3, -0.25) is 0 Å². The molecule has 2 rings (SSSR count). The van der Waals surface area contributed by atoms with Gasteiger partial charge in [0.05, 0.1) is 5.75 Å². The second-order valence-electron chi connectivity index (χ2n) is 5.68. The van der Waals surface area contributed by atoms with Gasteiger partial charge in [0.15, 0.2) is 0 Å². The highest BCUT2D eigenvalue weighted by Crippen LogP contribution is 2.27. The third kappa shape index (κ3) is 4.28. The smallest absolute Gasteiger partial charge is 0.212 e. The second-order valence-corrected chi connectivity index (χ2v) is 8.94. The molecule has 2 heterocycles. The maximum atomic E-state index is 12.3. The molecule has 0 saturated carbocycles. The first-order valence-electron chi connectivity index (χ1n) is 7.15. The summed E-state index contributed by atoms with van der Waals surface area (Å²) in [5.41, 5.74) is 1.10. The number of sulfonamides is 1. The molecule has 1 aliphatic heterocycles. The maximum absolute atomic E-state index is 12.3. The Bertz CT molecular complexity index is 546. The summed E-state index contributed by atoms with van der Waals surface area (Å²) in [6.07, 6.45) is 1.90. The van der Waals surface area contributed by atoms with Gasteiger partial charge >= 0.3 is 0 Å². The van der Waals surface area contributed by atoms with Crippen LogP contribution in [0.4, 0.5) is 0 Å². The number of hydrogen-bond acceptors (Lipinski definition) is 4. The van der Waals surface area contributed by atoms with Crippen molar-refractivity contribution in [3.63, 3.8) is 0 Å². The molecular formula is C14H24N2O2S2. The van der Waals surface area contributed by atoms with Gasteiger partial charge in [-0.2, -0.15) is 0 Å². The molecule has 1 saturated heterocycles. The van der Waals surface area contributed by atoms with Crippen LogP contribution >= 0.6 is 11.3 Å². The van der Waals surface area contributed by atoms with Crippen LogP contribution in [0.1, 0.15) is 41.1 Å². The van der Waals surface area contributed by atoms with E-state index in [1.54, 1.807) is 11.3 Å². The summed E-state index contributed by atoms with van der Waals surface area (Å²) in [4.78, 5) is 2.42. The van der Waals surface area contributed by atoms with Crippen LogP contribution in [0, 0.1) is 19.8 Å². The average Bonchev–Trinajstić information content (AvgIpc) is 2.68. The summed E-state index contributed by atoms with van der Waals surface area (Å²) < 4.78 is 27.4. The van der Waals surface area contributed by atoms with Gasteiger partial charge in [-0.15, -0.1) is 11.3 Å². The highest BCUT2D eigenvalue weighted by atomic mass is 32.2. The van der Waals surface area contributed by atoms with Crippen LogP contribution in [-0.2, 0) is 10.0 Å². The normalized spacial score (nSPS) is 19.1. The average molecular weight is 316 g/mol.